The molecule has 1 heterocycles. The number of nitriles is 1. The Balaban J connectivity index is 2.08. The van der Waals surface area contributed by atoms with Crippen molar-refractivity contribution in [2.24, 2.45) is 0 Å². The molecule has 0 aliphatic carbocycles. The molecule has 0 amide bonds. The van der Waals surface area contributed by atoms with Crippen molar-refractivity contribution in [2.45, 2.75) is 30.5 Å². The number of rotatable bonds is 7. The highest BCUT2D eigenvalue weighted by molar-refractivity contribution is 7.98. The van der Waals surface area contributed by atoms with Gasteiger partial charge in [0.05, 0.1) is 38.1 Å². The lowest BCUT2D eigenvalue weighted by molar-refractivity contribution is 0.269. The minimum Gasteiger partial charge on any atom is -0.497 e. The number of aliphatic hydroxyl groups excluding tert-OH is 1. The number of hydrogen-bond acceptors (Lipinski definition) is 5. The third-order valence-corrected chi connectivity index (χ3v) is 4.07. The van der Waals surface area contributed by atoms with Gasteiger partial charge in [0, 0.05) is 12.3 Å². The zero-order valence-corrected chi connectivity index (χ0v) is 12.6. The van der Waals surface area contributed by atoms with E-state index in [9.17, 15) is 5.11 Å². The topological polar surface area (TPSA) is 71.1 Å². The molecule has 0 spiro atoms. The summed E-state index contributed by atoms with van der Waals surface area (Å²) in [5.41, 5.74) is 1.87. The standard InChI is InChI=1S/C15H17N3O2S/c1-20-14-5-2-4-12(8-14)11-21-15-17-9-13(10-19)18(15)7-3-6-16/h2,4-5,8-9,19H,3,7,10-11H2,1H3. The van der Waals surface area contributed by atoms with Crippen molar-refractivity contribution >= 4 is 11.8 Å². The summed E-state index contributed by atoms with van der Waals surface area (Å²) in [5, 5.41) is 18.9. The molecule has 0 saturated heterocycles. The Hall–Kier alpha value is -1.97. The first-order valence-corrected chi connectivity index (χ1v) is 7.55. The van der Waals surface area contributed by atoms with Crippen LogP contribution in [0.5, 0.6) is 5.75 Å². The lowest BCUT2D eigenvalue weighted by Gasteiger charge is -2.09. The van der Waals surface area contributed by atoms with Crippen molar-refractivity contribution in [3.8, 4) is 11.8 Å². The average molecular weight is 303 g/mol. The van der Waals surface area contributed by atoms with Crippen LogP contribution in [0.4, 0.5) is 0 Å². The first kappa shape index (κ1) is 15.4. The predicted octanol–water partition coefficient (Wildman–Crippen LogP) is 2.59. The Labute approximate surface area is 128 Å². The van der Waals surface area contributed by atoms with E-state index in [4.69, 9.17) is 10.00 Å². The third kappa shape index (κ3) is 4.00. The molecule has 2 rings (SSSR count). The number of ether oxygens (including phenoxy) is 1. The molecule has 0 bridgehead atoms. The summed E-state index contributed by atoms with van der Waals surface area (Å²) in [4.78, 5) is 4.32. The SMILES string of the molecule is COc1cccc(CSc2ncc(CO)n2CCC#N)c1. The van der Waals surface area contributed by atoms with E-state index in [2.05, 4.69) is 11.1 Å². The number of aromatic nitrogens is 2. The second-order valence-corrected chi connectivity index (χ2v) is 5.33. The number of aliphatic hydroxyl groups is 1. The van der Waals surface area contributed by atoms with E-state index in [0.717, 1.165) is 27.9 Å². The van der Waals surface area contributed by atoms with Crippen LogP contribution in [-0.4, -0.2) is 21.8 Å². The van der Waals surface area contributed by atoms with Crippen molar-refractivity contribution in [1.82, 2.24) is 9.55 Å². The number of hydrogen-bond donors (Lipinski definition) is 1. The molecule has 6 heteroatoms. The van der Waals surface area contributed by atoms with Crippen LogP contribution in [0.15, 0.2) is 35.6 Å². The van der Waals surface area contributed by atoms with E-state index in [-0.39, 0.29) is 6.61 Å². The van der Waals surface area contributed by atoms with Gasteiger partial charge in [-0.1, -0.05) is 23.9 Å². The maximum Gasteiger partial charge on any atom is 0.168 e. The molecular formula is C15H17N3O2S. The summed E-state index contributed by atoms with van der Waals surface area (Å²) in [6.45, 7) is 0.477. The van der Waals surface area contributed by atoms with E-state index in [0.29, 0.717) is 13.0 Å². The van der Waals surface area contributed by atoms with Gasteiger partial charge in [-0.05, 0) is 17.7 Å². The second kappa shape index (κ2) is 7.72. The second-order valence-electron chi connectivity index (χ2n) is 4.39. The van der Waals surface area contributed by atoms with Crippen LogP contribution in [0.2, 0.25) is 0 Å². The van der Waals surface area contributed by atoms with Gasteiger partial charge in [0.1, 0.15) is 5.75 Å². The van der Waals surface area contributed by atoms with Crippen LogP contribution >= 0.6 is 11.8 Å². The van der Waals surface area contributed by atoms with Crippen LogP contribution in [0.1, 0.15) is 17.7 Å². The number of thioether (sulfide) groups is 1. The van der Waals surface area contributed by atoms with Crippen LogP contribution < -0.4 is 4.74 Å². The molecule has 2 aromatic rings. The molecule has 1 N–H and O–H groups in total. The molecule has 1 aromatic heterocycles. The molecule has 0 saturated carbocycles. The first-order valence-electron chi connectivity index (χ1n) is 6.56. The zero-order valence-electron chi connectivity index (χ0n) is 11.8. The summed E-state index contributed by atoms with van der Waals surface area (Å²) in [6.07, 6.45) is 2.06. The largest absolute Gasteiger partial charge is 0.497 e. The van der Waals surface area contributed by atoms with Gasteiger partial charge < -0.3 is 14.4 Å². The molecule has 5 nitrogen and oxygen atoms in total. The molecule has 0 aliphatic heterocycles. The van der Waals surface area contributed by atoms with Crippen molar-refractivity contribution in [1.29, 1.82) is 5.26 Å². The molecule has 0 fully saturated rings. The van der Waals surface area contributed by atoms with E-state index >= 15 is 0 Å². The summed E-state index contributed by atoms with van der Waals surface area (Å²) >= 11 is 1.58. The van der Waals surface area contributed by atoms with Gasteiger partial charge >= 0.3 is 0 Å². The maximum atomic E-state index is 9.32. The highest BCUT2D eigenvalue weighted by atomic mass is 32.2. The summed E-state index contributed by atoms with van der Waals surface area (Å²) in [7, 11) is 1.65. The van der Waals surface area contributed by atoms with Crippen LogP contribution in [0, 0.1) is 11.3 Å². The lowest BCUT2D eigenvalue weighted by Crippen LogP contribution is -2.04. The van der Waals surface area contributed by atoms with Gasteiger partial charge in [-0.25, -0.2) is 4.98 Å². The fourth-order valence-corrected chi connectivity index (χ4v) is 2.91. The Kier molecular flexibility index (Phi) is 5.67. The molecule has 0 atom stereocenters. The van der Waals surface area contributed by atoms with Crippen molar-refractivity contribution in [2.75, 3.05) is 7.11 Å². The van der Waals surface area contributed by atoms with Crippen molar-refractivity contribution in [3.63, 3.8) is 0 Å². The monoisotopic (exact) mass is 303 g/mol. The zero-order chi connectivity index (χ0) is 15.1. The quantitative estimate of drug-likeness (QED) is 0.796. The smallest absolute Gasteiger partial charge is 0.168 e. The highest BCUT2D eigenvalue weighted by Gasteiger charge is 2.10. The van der Waals surface area contributed by atoms with Gasteiger partial charge in [0.2, 0.25) is 0 Å². The number of nitrogens with zero attached hydrogens (tertiary/aromatic N) is 3. The molecule has 0 aliphatic rings. The van der Waals surface area contributed by atoms with Gasteiger partial charge in [0.15, 0.2) is 5.16 Å². The van der Waals surface area contributed by atoms with Gasteiger partial charge in [0.25, 0.3) is 0 Å². The number of methoxy groups -OCH3 is 1. The normalized spacial score (nSPS) is 10.3. The van der Waals surface area contributed by atoms with E-state index < -0.39 is 0 Å². The maximum absolute atomic E-state index is 9.32. The third-order valence-electron chi connectivity index (χ3n) is 3.01. The summed E-state index contributed by atoms with van der Waals surface area (Å²) < 4.78 is 7.10. The lowest BCUT2D eigenvalue weighted by atomic mass is 10.2. The Bertz CT molecular complexity index is 634. The summed E-state index contributed by atoms with van der Waals surface area (Å²) in [6, 6.07) is 10.0. The molecular weight excluding hydrogens is 286 g/mol. The van der Waals surface area contributed by atoms with E-state index in [1.165, 1.54) is 0 Å². The Morgan fingerprint density at radius 3 is 3.05 bits per heavy atom. The van der Waals surface area contributed by atoms with Gasteiger partial charge in [-0.3, -0.25) is 0 Å². The van der Waals surface area contributed by atoms with E-state index in [1.54, 1.807) is 25.1 Å². The Morgan fingerprint density at radius 2 is 2.33 bits per heavy atom. The van der Waals surface area contributed by atoms with E-state index in [1.807, 2.05) is 28.8 Å². The first-order chi connectivity index (χ1) is 10.3. The highest BCUT2D eigenvalue weighted by Crippen LogP contribution is 2.25. The fraction of sp³-hybridized carbons (Fsp3) is 0.333. The fourth-order valence-electron chi connectivity index (χ4n) is 1.94. The number of benzene rings is 1. The van der Waals surface area contributed by atoms with Crippen LogP contribution in [-0.2, 0) is 18.9 Å². The van der Waals surface area contributed by atoms with Crippen molar-refractivity contribution < 1.29 is 9.84 Å². The van der Waals surface area contributed by atoms with Gasteiger partial charge in [-0.2, -0.15) is 5.26 Å². The molecule has 0 unspecified atom stereocenters. The summed E-state index contributed by atoms with van der Waals surface area (Å²) in [5.74, 6) is 1.59. The van der Waals surface area contributed by atoms with Crippen molar-refractivity contribution in [3.05, 3.63) is 41.7 Å². The molecule has 1 aromatic carbocycles. The molecule has 0 radical (unpaired) electrons. The molecule has 21 heavy (non-hydrogen) atoms. The predicted molar refractivity (Wildman–Crippen MR) is 80.9 cm³/mol. The Morgan fingerprint density at radius 1 is 1.48 bits per heavy atom. The average Bonchev–Trinajstić information content (AvgIpc) is 2.93. The molecule has 110 valence electrons. The van der Waals surface area contributed by atoms with Crippen LogP contribution in [0.25, 0.3) is 0 Å². The minimum atomic E-state index is -0.0713. The number of imidazole rings is 1. The minimum absolute atomic E-state index is 0.0713. The van der Waals surface area contributed by atoms with Crippen LogP contribution in [0.3, 0.4) is 0 Å². The van der Waals surface area contributed by atoms with Gasteiger partial charge in [-0.15, -0.1) is 0 Å².